The van der Waals surface area contributed by atoms with Crippen LogP contribution in [0.4, 0.5) is 0 Å². The van der Waals surface area contributed by atoms with Crippen LogP contribution in [-0.2, 0) is 0 Å². The molecular weight excluding hydrogens is 144 g/mol. The normalized spacial score (nSPS) is 13.3. The van der Waals surface area contributed by atoms with E-state index in [0.717, 1.165) is 6.42 Å². The van der Waals surface area contributed by atoms with Crippen LogP contribution in [0.15, 0.2) is 16.9 Å². The van der Waals surface area contributed by atoms with Gasteiger partial charge in [-0.05, 0) is 19.4 Å². The molecule has 1 aromatic heterocycles. The number of rotatable bonds is 4. The Balaban J connectivity index is 2.36. The van der Waals surface area contributed by atoms with Crippen molar-refractivity contribution in [2.24, 2.45) is 5.73 Å². The van der Waals surface area contributed by atoms with Gasteiger partial charge in [0, 0.05) is 0 Å². The monoisotopic (exact) mass is 156 g/mol. The lowest BCUT2D eigenvalue weighted by molar-refractivity contribution is 0.132. The van der Waals surface area contributed by atoms with Gasteiger partial charge in [0.05, 0.1) is 6.20 Å². The largest absolute Gasteiger partial charge is 0.446 e. The van der Waals surface area contributed by atoms with Crippen molar-refractivity contribution in [1.29, 1.82) is 0 Å². The number of aliphatic hydroxyl groups is 1. The topological polar surface area (TPSA) is 72.3 Å². The Kier molecular flexibility index (Phi) is 3.07. The molecule has 11 heavy (non-hydrogen) atoms. The zero-order valence-electron chi connectivity index (χ0n) is 6.23. The Labute approximate surface area is 65.0 Å². The summed E-state index contributed by atoms with van der Waals surface area (Å²) in [5.74, 6) is 0.374. The Morgan fingerprint density at radius 1 is 1.73 bits per heavy atom. The molecule has 0 fully saturated rings. The number of nitrogens with zero attached hydrogens (tertiary/aromatic N) is 1. The van der Waals surface area contributed by atoms with E-state index in [-0.39, 0.29) is 0 Å². The standard InChI is InChI=1S/C7H12N2O2/c8-3-1-2-6(10)7-9-4-5-11-7/h4-6,10H,1-3,8H2. The summed E-state index contributed by atoms with van der Waals surface area (Å²) < 4.78 is 4.89. The highest BCUT2D eigenvalue weighted by Crippen LogP contribution is 2.14. The fourth-order valence-corrected chi connectivity index (χ4v) is 0.834. The second-order valence-corrected chi connectivity index (χ2v) is 2.32. The maximum atomic E-state index is 9.33. The van der Waals surface area contributed by atoms with E-state index in [1.165, 1.54) is 12.5 Å². The molecule has 0 aliphatic heterocycles. The average Bonchev–Trinajstić information content (AvgIpc) is 2.52. The molecule has 0 aliphatic rings. The van der Waals surface area contributed by atoms with Crippen LogP contribution < -0.4 is 5.73 Å². The predicted molar refractivity (Wildman–Crippen MR) is 39.8 cm³/mol. The van der Waals surface area contributed by atoms with Gasteiger partial charge in [0.1, 0.15) is 12.4 Å². The Hall–Kier alpha value is -0.870. The van der Waals surface area contributed by atoms with Crippen molar-refractivity contribution in [3.05, 3.63) is 18.4 Å². The molecule has 1 aromatic rings. The molecule has 1 rings (SSSR count). The molecule has 3 N–H and O–H groups in total. The lowest BCUT2D eigenvalue weighted by Crippen LogP contribution is -2.03. The summed E-state index contributed by atoms with van der Waals surface area (Å²) in [6, 6.07) is 0. The van der Waals surface area contributed by atoms with Gasteiger partial charge in [0.25, 0.3) is 0 Å². The number of hydrogen-bond donors (Lipinski definition) is 2. The molecule has 0 spiro atoms. The quantitative estimate of drug-likeness (QED) is 0.663. The van der Waals surface area contributed by atoms with Crippen LogP contribution in [0.3, 0.4) is 0 Å². The molecule has 0 bridgehead atoms. The predicted octanol–water partition coefficient (Wildman–Crippen LogP) is 0.447. The van der Waals surface area contributed by atoms with Gasteiger partial charge >= 0.3 is 0 Å². The first kappa shape index (κ1) is 8.23. The van der Waals surface area contributed by atoms with E-state index in [2.05, 4.69) is 4.98 Å². The first-order chi connectivity index (χ1) is 5.34. The molecule has 0 saturated carbocycles. The van der Waals surface area contributed by atoms with Crippen molar-refractivity contribution < 1.29 is 9.52 Å². The van der Waals surface area contributed by atoms with E-state index in [1.54, 1.807) is 0 Å². The van der Waals surface area contributed by atoms with E-state index in [1.807, 2.05) is 0 Å². The van der Waals surface area contributed by atoms with Crippen molar-refractivity contribution >= 4 is 0 Å². The lowest BCUT2D eigenvalue weighted by Gasteiger charge is -2.03. The Morgan fingerprint density at radius 3 is 3.09 bits per heavy atom. The third-order valence-electron chi connectivity index (χ3n) is 1.42. The average molecular weight is 156 g/mol. The SMILES string of the molecule is NCCCC(O)c1ncco1. The van der Waals surface area contributed by atoms with Crippen molar-refractivity contribution in [2.45, 2.75) is 18.9 Å². The second-order valence-electron chi connectivity index (χ2n) is 2.32. The summed E-state index contributed by atoms with van der Waals surface area (Å²) in [7, 11) is 0. The third-order valence-corrected chi connectivity index (χ3v) is 1.42. The van der Waals surface area contributed by atoms with Crippen LogP contribution >= 0.6 is 0 Å². The zero-order valence-corrected chi connectivity index (χ0v) is 6.23. The minimum atomic E-state index is -0.603. The highest BCUT2D eigenvalue weighted by molar-refractivity contribution is 4.84. The van der Waals surface area contributed by atoms with Crippen molar-refractivity contribution in [2.75, 3.05) is 6.54 Å². The minimum absolute atomic E-state index is 0.374. The highest BCUT2D eigenvalue weighted by Gasteiger charge is 2.10. The van der Waals surface area contributed by atoms with Crippen molar-refractivity contribution in [1.82, 2.24) is 4.98 Å². The zero-order chi connectivity index (χ0) is 8.10. The summed E-state index contributed by atoms with van der Waals surface area (Å²) in [6.45, 7) is 0.581. The second kappa shape index (κ2) is 4.10. The molecule has 4 nitrogen and oxygen atoms in total. The smallest absolute Gasteiger partial charge is 0.222 e. The molecule has 62 valence electrons. The summed E-state index contributed by atoms with van der Waals surface area (Å²) in [5.41, 5.74) is 5.27. The number of hydrogen-bond acceptors (Lipinski definition) is 4. The van der Waals surface area contributed by atoms with Gasteiger partial charge in [-0.25, -0.2) is 4.98 Å². The summed E-state index contributed by atoms with van der Waals surface area (Å²) in [5, 5.41) is 9.33. The third kappa shape index (κ3) is 2.32. The molecule has 1 atom stereocenters. The number of aromatic nitrogens is 1. The van der Waals surface area contributed by atoms with Crippen LogP contribution in [0.2, 0.25) is 0 Å². The summed E-state index contributed by atoms with van der Waals surface area (Å²) in [4.78, 5) is 3.81. The van der Waals surface area contributed by atoms with Crippen molar-refractivity contribution in [3.8, 4) is 0 Å². The van der Waals surface area contributed by atoms with E-state index in [4.69, 9.17) is 10.2 Å². The Bertz CT molecular complexity index is 186. The van der Waals surface area contributed by atoms with Crippen LogP contribution in [-0.4, -0.2) is 16.6 Å². The molecule has 1 heterocycles. The molecule has 0 aliphatic carbocycles. The van der Waals surface area contributed by atoms with E-state index < -0.39 is 6.10 Å². The fourth-order valence-electron chi connectivity index (χ4n) is 0.834. The number of aliphatic hydroxyl groups excluding tert-OH is 1. The highest BCUT2D eigenvalue weighted by atomic mass is 16.4. The maximum Gasteiger partial charge on any atom is 0.222 e. The summed E-state index contributed by atoms with van der Waals surface area (Å²) >= 11 is 0. The van der Waals surface area contributed by atoms with Crippen LogP contribution in [0.1, 0.15) is 24.8 Å². The molecule has 0 saturated heterocycles. The van der Waals surface area contributed by atoms with Gasteiger partial charge in [0.15, 0.2) is 0 Å². The lowest BCUT2D eigenvalue weighted by atomic mass is 10.2. The number of oxazole rings is 1. The fraction of sp³-hybridized carbons (Fsp3) is 0.571. The maximum absolute atomic E-state index is 9.33. The molecule has 0 radical (unpaired) electrons. The van der Waals surface area contributed by atoms with E-state index >= 15 is 0 Å². The van der Waals surface area contributed by atoms with Gasteiger partial charge < -0.3 is 15.3 Å². The first-order valence-corrected chi connectivity index (χ1v) is 3.62. The number of nitrogens with two attached hydrogens (primary N) is 1. The minimum Gasteiger partial charge on any atom is -0.446 e. The van der Waals surface area contributed by atoms with Gasteiger partial charge in [-0.1, -0.05) is 0 Å². The van der Waals surface area contributed by atoms with Gasteiger partial charge in [-0.2, -0.15) is 0 Å². The first-order valence-electron chi connectivity index (χ1n) is 3.62. The molecule has 0 aromatic carbocycles. The van der Waals surface area contributed by atoms with Crippen LogP contribution in [0, 0.1) is 0 Å². The summed E-state index contributed by atoms with van der Waals surface area (Å²) in [6.07, 6.45) is 3.75. The molecular formula is C7H12N2O2. The van der Waals surface area contributed by atoms with Gasteiger partial charge in [-0.3, -0.25) is 0 Å². The van der Waals surface area contributed by atoms with Crippen molar-refractivity contribution in [3.63, 3.8) is 0 Å². The molecule has 4 heteroatoms. The van der Waals surface area contributed by atoms with E-state index in [9.17, 15) is 5.11 Å². The van der Waals surface area contributed by atoms with Crippen LogP contribution in [0.5, 0.6) is 0 Å². The Morgan fingerprint density at radius 2 is 2.55 bits per heavy atom. The molecule has 0 amide bonds. The van der Waals surface area contributed by atoms with Gasteiger partial charge in [0.2, 0.25) is 5.89 Å². The van der Waals surface area contributed by atoms with Gasteiger partial charge in [-0.15, -0.1) is 0 Å². The van der Waals surface area contributed by atoms with E-state index in [0.29, 0.717) is 18.9 Å². The van der Waals surface area contributed by atoms with Crippen LogP contribution in [0.25, 0.3) is 0 Å². The molecule has 1 unspecified atom stereocenters.